The first kappa shape index (κ1) is 10.8. The molecular formula is C12H16N2O2. The largest absolute Gasteiger partial charge is 0.450 e. The quantitative estimate of drug-likeness (QED) is 0.802. The van der Waals surface area contributed by atoms with Crippen LogP contribution in [-0.2, 0) is 11.2 Å². The number of hydrogen-bond acceptors (Lipinski definition) is 3. The van der Waals surface area contributed by atoms with Crippen LogP contribution in [0, 0.1) is 0 Å². The molecule has 1 aromatic rings. The first-order valence-corrected chi connectivity index (χ1v) is 5.57. The number of aryl methyl sites for hydroxylation is 1. The lowest BCUT2D eigenvalue weighted by Gasteiger charge is -2.27. The minimum Gasteiger partial charge on any atom is -0.450 e. The number of ether oxygens (including phenoxy) is 1. The van der Waals surface area contributed by atoms with Gasteiger partial charge in [0.15, 0.2) is 0 Å². The van der Waals surface area contributed by atoms with Crippen molar-refractivity contribution in [2.45, 2.75) is 25.9 Å². The molecule has 1 aliphatic rings. The number of rotatable bonds is 2. The normalized spacial score (nSPS) is 18.2. The van der Waals surface area contributed by atoms with E-state index in [0.717, 1.165) is 18.5 Å². The van der Waals surface area contributed by atoms with E-state index in [1.54, 1.807) is 6.92 Å². The van der Waals surface area contributed by atoms with Gasteiger partial charge in [-0.1, -0.05) is 18.2 Å². The van der Waals surface area contributed by atoms with Crippen LogP contribution in [0.4, 0.5) is 10.5 Å². The molecule has 1 amide bonds. The highest BCUT2D eigenvalue weighted by Gasteiger charge is 2.18. The van der Waals surface area contributed by atoms with Gasteiger partial charge in [0, 0.05) is 5.69 Å². The average Bonchev–Trinajstić information content (AvgIpc) is 2.29. The summed E-state index contributed by atoms with van der Waals surface area (Å²) in [6.45, 7) is 2.19. The predicted octanol–water partition coefficient (Wildman–Crippen LogP) is 2.12. The molecule has 0 fully saturated rings. The highest BCUT2D eigenvalue weighted by Crippen LogP contribution is 2.23. The minimum atomic E-state index is -0.362. The third-order valence-corrected chi connectivity index (χ3v) is 2.62. The van der Waals surface area contributed by atoms with E-state index < -0.39 is 0 Å². The van der Waals surface area contributed by atoms with Crippen LogP contribution in [-0.4, -0.2) is 18.9 Å². The molecular weight excluding hydrogens is 204 g/mol. The Balaban J connectivity index is 1.95. The maximum absolute atomic E-state index is 11.2. The van der Waals surface area contributed by atoms with Gasteiger partial charge in [0.2, 0.25) is 0 Å². The molecule has 4 nitrogen and oxygen atoms in total. The molecule has 0 unspecified atom stereocenters. The number of benzene rings is 1. The highest BCUT2D eigenvalue weighted by molar-refractivity contribution is 5.68. The first-order chi connectivity index (χ1) is 7.79. The van der Waals surface area contributed by atoms with E-state index in [1.165, 1.54) is 5.56 Å². The van der Waals surface area contributed by atoms with Crippen molar-refractivity contribution < 1.29 is 9.53 Å². The summed E-state index contributed by atoms with van der Waals surface area (Å²) in [5.74, 6) is 0. The summed E-state index contributed by atoms with van der Waals surface area (Å²) in [5, 5.41) is 6.06. The van der Waals surface area contributed by atoms with Crippen LogP contribution in [0.15, 0.2) is 24.3 Å². The first-order valence-electron chi connectivity index (χ1n) is 5.57. The van der Waals surface area contributed by atoms with Crippen LogP contribution >= 0.6 is 0 Å². The summed E-state index contributed by atoms with van der Waals surface area (Å²) in [4.78, 5) is 11.2. The monoisotopic (exact) mass is 220 g/mol. The molecule has 0 radical (unpaired) electrons. The second kappa shape index (κ2) is 4.88. The molecule has 0 spiro atoms. The summed E-state index contributed by atoms with van der Waals surface area (Å²) >= 11 is 0. The molecule has 2 N–H and O–H groups in total. The van der Waals surface area contributed by atoms with Gasteiger partial charge in [0.1, 0.15) is 6.17 Å². The fraction of sp³-hybridized carbons (Fsp3) is 0.417. The maximum atomic E-state index is 11.2. The molecule has 0 bridgehead atoms. The van der Waals surface area contributed by atoms with Crippen LogP contribution in [0.1, 0.15) is 18.9 Å². The molecule has 1 atom stereocenters. The van der Waals surface area contributed by atoms with Gasteiger partial charge in [0.25, 0.3) is 0 Å². The Morgan fingerprint density at radius 3 is 3.19 bits per heavy atom. The fourth-order valence-electron chi connectivity index (χ4n) is 1.86. The number of nitrogens with one attached hydrogen (secondary N) is 2. The van der Waals surface area contributed by atoms with Gasteiger partial charge >= 0.3 is 6.09 Å². The average molecular weight is 220 g/mol. The smallest absolute Gasteiger partial charge is 0.408 e. The number of amides is 1. The summed E-state index contributed by atoms with van der Waals surface area (Å²) in [7, 11) is 0. The van der Waals surface area contributed by atoms with Gasteiger partial charge in [-0.3, -0.25) is 0 Å². The third-order valence-electron chi connectivity index (χ3n) is 2.62. The highest BCUT2D eigenvalue weighted by atomic mass is 16.5. The van der Waals surface area contributed by atoms with Crippen molar-refractivity contribution in [1.29, 1.82) is 0 Å². The van der Waals surface area contributed by atoms with Gasteiger partial charge in [-0.15, -0.1) is 0 Å². The van der Waals surface area contributed by atoms with Crippen LogP contribution in [0.25, 0.3) is 0 Å². The molecule has 1 aromatic carbocycles. The maximum Gasteiger partial charge on any atom is 0.408 e. The van der Waals surface area contributed by atoms with Crippen LogP contribution in [0.3, 0.4) is 0 Å². The van der Waals surface area contributed by atoms with Crippen molar-refractivity contribution in [1.82, 2.24) is 5.32 Å². The van der Waals surface area contributed by atoms with Crippen molar-refractivity contribution in [3.63, 3.8) is 0 Å². The summed E-state index contributed by atoms with van der Waals surface area (Å²) in [6, 6.07) is 8.13. The Labute approximate surface area is 95.0 Å². The Hall–Kier alpha value is -1.71. The minimum absolute atomic E-state index is 0.0334. The molecule has 16 heavy (non-hydrogen) atoms. The molecule has 0 aromatic heterocycles. The van der Waals surface area contributed by atoms with E-state index in [2.05, 4.69) is 16.7 Å². The number of para-hydroxylation sites is 1. The molecule has 86 valence electrons. The van der Waals surface area contributed by atoms with Crippen molar-refractivity contribution in [3.8, 4) is 0 Å². The van der Waals surface area contributed by atoms with Crippen LogP contribution in [0.2, 0.25) is 0 Å². The molecule has 4 heteroatoms. The number of alkyl carbamates (subject to hydrolysis) is 1. The van der Waals surface area contributed by atoms with Crippen molar-refractivity contribution >= 4 is 11.8 Å². The van der Waals surface area contributed by atoms with Gasteiger partial charge < -0.3 is 15.4 Å². The topological polar surface area (TPSA) is 50.4 Å². The van der Waals surface area contributed by atoms with Gasteiger partial charge in [-0.25, -0.2) is 4.79 Å². The fourth-order valence-corrected chi connectivity index (χ4v) is 1.86. The lowest BCUT2D eigenvalue weighted by molar-refractivity contribution is 0.148. The van der Waals surface area contributed by atoms with Crippen LogP contribution in [0.5, 0.6) is 0 Å². The number of fused-ring (bicyclic) bond motifs is 1. The second-order valence-electron chi connectivity index (χ2n) is 3.76. The van der Waals surface area contributed by atoms with E-state index >= 15 is 0 Å². The third kappa shape index (κ3) is 2.45. The van der Waals surface area contributed by atoms with E-state index in [0.29, 0.717) is 6.61 Å². The molecule has 1 aliphatic heterocycles. The van der Waals surface area contributed by atoms with E-state index in [4.69, 9.17) is 4.74 Å². The second-order valence-corrected chi connectivity index (χ2v) is 3.76. The summed E-state index contributed by atoms with van der Waals surface area (Å²) in [6.07, 6.45) is 1.46. The zero-order valence-electron chi connectivity index (χ0n) is 9.32. The Morgan fingerprint density at radius 2 is 2.38 bits per heavy atom. The van der Waals surface area contributed by atoms with Crippen LogP contribution < -0.4 is 10.6 Å². The van der Waals surface area contributed by atoms with E-state index in [9.17, 15) is 4.79 Å². The number of anilines is 1. The molecule has 0 saturated heterocycles. The SMILES string of the molecule is CCOC(=O)N[C@@H]1CCc2ccccc2N1. The number of carbonyl (C=O) groups is 1. The van der Waals surface area contributed by atoms with Gasteiger partial charge in [0.05, 0.1) is 6.61 Å². The molecule has 0 saturated carbocycles. The standard InChI is InChI=1S/C12H16N2O2/c1-2-16-12(15)14-11-8-7-9-5-3-4-6-10(9)13-11/h3-6,11,13H,2,7-8H2,1H3,(H,14,15)/t11-/m1/s1. The van der Waals surface area contributed by atoms with Crippen molar-refractivity contribution in [2.75, 3.05) is 11.9 Å². The summed E-state index contributed by atoms with van der Waals surface area (Å²) < 4.78 is 4.84. The van der Waals surface area contributed by atoms with E-state index in [-0.39, 0.29) is 12.3 Å². The lowest BCUT2D eigenvalue weighted by Crippen LogP contribution is -2.43. The number of hydrogen-bond donors (Lipinski definition) is 2. The van der Waals surface area contributed by atoms with Crippen molar-refractivity contribution in [2.24, 2.45) is 0 Å². The molecule has 1 heterocycles. The lowest BCUT2D eigenvalue weighted by atomic mass is 10.0. The summed E-state index contributed by atoms with van der Waals surface area (Å²) in [5.41, 5.74) is 2.39. The number of carbonyl (C=O) groups excluding carboxylic acids is 1. The zero-order chi connectivity index (χ0) is 11.4. The Morgan fingerprint density at radius 1 is 1.56 bits per heavy atom. The van der Waals surface area contributed by atoms with E-state index in [1.807, 2.05) is 18.2 Å². The Bertz CT molecular complexity index is 379. The Kier molecular flexibility index (Phi) is 3.29. The molecule has 2 rings (SSSR count). The predicted molar refractivity (Wildman–Crippen MR) is 62.3 cm³/mol. The zero-order valence-corrected chi connectivity index (χ0v) is 9.32. The van der Waals surface area contributed by atoms with Gasteiger partial charge in [-0.05, 0) is 31.4 Å². The molecule has 0 aliphatic carbocycles. The van der Waals surface area contributed by atoms with Gasteiger partial charge in [-0.2, -0.15) is 0 Å². The van der Waals surface area contributed by atoms with Crippen molar-refractivity contribution in [3.05, 3.63) is 29.8 Å².